The third-order valence-corrected chi connectivity index (χ3v) is 9.34. The quantitative estimate of drug-likeness (QED) is 0.123. The number of carbonyl (C=O) groups is 1. The zero-order valence-corrected chi connectivity index (χ0v) is 28.7. The smallest absolute Gasteiger partial charge is 0.315 e. The predicted molar refractivity (Wildman–Crippen MR) is 196 cm³/mol. The highest BCUT2D eigenvalue weighted by atomic mass is 16.7. The Morgan fingerprint density at radius 2 is 1.48 bits per heavy atom. The number of hydrogen-bond donors (Lipinski definition) is 3. The first kappa shape index (κ1) is 35.0. The Bertz CT molecular complexity index is 1790. The number of likely N-dealkylation sites (N-methyl/N-ethyl adjacent to an activating group) is 1. The normalized spacial score (nSPS) is 18.9. The Hall–Kier alpha value is -4.86. The number of aromatic nitrogens is 1. The van der Waals surface area contributed by atoms with Crippen LogP contribution in [-0.2, 0) is 35.6 Å². The molecule has 1 aliphatic heterocycles. The van der Waals surface area contributed by atoms with E-state index in [0.717, 1.165) is 64.1 Å². The van der Waals surface area contributed by atoms with Gasteiger partial charge in [0.25, 0.3) is 0 Å². The first-order valence-electron chi connectivity index (χ1n) is 17.3. The summed E-state index contributed by atoms with van der Waals surface area (Å²) in [5.74, 6) is 0.0899. The van der Waals surface area contributed by atoms with Crippen molar-refractivity contribution in [3.63, 3.8) is 0 Å². The van der Waals surface area contributed by atoms with Gasteiger partial charge < -0.3 is 30.1 Å². The van der Waals surface area contributed by atoms with Gasteiger partial charge in [-0.25, -0.2) is 4.79 Å². The van der Waals surface area contributed by atoms with Gasteiger partial charge >= 0.3 is 6.03 Å². The van der Waals surface area contributed by atoms with Crippen molar-refractivity contribution in [2.75, 3.05) is 20.1 Å². The van der Waals surface area contributed by atoms with E-state index in [1.807, 2.05) is 91.1 Å². The minimum atomic E-state index is -0.554. The average Bonchev–Trinajstić information content (AvgIpc) is 3.17. The SMILES string of the molecule is C[C@H]1[C@@H](CN(C)CCc2ccccn2)O[C@@H](c2ccc(-c3ccccc3CNC(=O)NCc3ccccc3)cc2)O[C@H]1c1ccc(CO)cc1. The van der Waals surface area contributed by atoms with Crippen LogP contribution in [0.15, 0.2) is 128 Å². The maximum atomic E-state index is 12.6. The number of nitrogens with zero attached hydrogens (tertiary/aromatic N) is 2. The molecule has 0 spiro atoms. The number of amides is 2. The number of rotatable bonds is 13. The number of urea groups is 1. The van der Waals surface area contributed by atoms with Crippen LogP contribution in [0.3, 0.4) is 0 Å². The highest BCUT2D eigenvalue weighted by Crippen LogP contribution is 2.42. The van der Waals surface area contributed by atoms with E-state index in [2.05, 4.69) is 70.9 Å². The molecule has 1 saturated heterocycles. The Morgan fingerprint density at radius 3 is 2.22 bits per heavy atom. The van der Waals surface area contributed by atoms with E-state index >= 15 is 0 Å². The van der Waals surface area contributed by atoms with Crippen LogP contribution >= 0.6 is 0 Å². The molecule has 3 N–H and O–H groups in total. The summed E-state index contributed by atoms with van der Waals surface area (Å²) >= 11 is 0. The van der Waals surface area contributed by atoms with Gasteiger partial charge in [-0.2, -0.15) is 0 Å². The van der Waals surface area contributed by atoms with E-state index in [1.54, 1.807) is 0 Å². The zero-order chi connectivity index (χ0) is 34.7. The molecule has 2 heterocycles. The first-order valence-corrected chi connectivity index (χ1v) is 17.3. The fraction of sp³-hybridized carbons (Fsp3) is 0.286. The lowest BCUT2D eigenvalue weighted by molar-refractivity contribution is -0.275. The van der Waals surface area contributed by atoms with Crippen molar-refractivity contribution in [3.8, 4) is 11.1 Å². The summed E-state index contributed by atoms with van der Waals surface area (Å²) in [5, 5.41) is 15.5. The van der Waals surface area contributed by atoms with Crippen LogP contribution < -0.4 is 10.6 Å². The van der Waals surface area contributed by atoms with Gasteiger partial charge in [-0.15, -0.1) is 0 Å². The largest absolute Gasteiger partial charge is 0.392 e. The monoisotopic (exact) mass is 670 g/mol. The summed E-state index contributed by atoms with van der Waals surface area (Å²) in [4.78, 5) is 19.4. The summed E-state index contributed by atoms with van der Waals surface area (Å²) in [6.45, 7) is 4.67. The molecular weight excluding hydrogens is 624 g/mol. The van der Waals surface area contributed by atoms with E-state index in [9.17, 15) is 9.90 Å². The van der Waals surface area contributed by atoms with Crippen LogP contribution in [0.2, 0.25) is 0 Å². The Labute approximate surface area is 295 Å². The van der Waals surface area contributed by atoms with E-state index < -0.39 is 6.29 Å². The lowest BCUT2D eigenvalue weighted by atomic mass is 9.90. The van der Waals surface area contributed by atoms with Crippen LogP contribution in [0.4, 0.5) is 4.79 Å². The van der Waals surface area contributed by atoms with Gasteiger partial charge in [-0.05, 0) is 52.6 Å². The Balaban J connectivity index is 1.15. The predicted octanol–water partition coefficient (Wildman–Crippen LogP) is 7.21. The van der Waals surface area contributed by atoms with Crippen molar-refractivity contribution in [2.45, 2.75) is 51.5 Å². The molecule has 0 bridgehead atoms. The van der Waals surface area contributed by atoms with Crippen molar-refractivity contribution in [2.24, 2.45) is 5.92 Å². The second-order valence-corrected chi connectivity index (χ2v) is 13.0. The van der Waals surface area contributed by atoms with Gasteiger partial charge in [0, 0.05) is 56.0 Å². The number of ether oxygens (including phenoxy) is 2. The maximum absolute atomic E-state index is 12.6. The molecule has 1 fully saturated rings. The molecule has 258 valence electrons. The second-order valence-electron chi connectivity index (χ2n) is 13.0. The van der Waals surface area contributed by atoms with Gasteiger partial charge in [0.05, 0.1) is 18.8 Å². The molecular formula is C42H46N4O4. The minimum absolute atomic E-state index is 0.00375. The Morgan fingerprint density at radius 1 is 0.780 bits per heavy atom. The molecule has 0 unspecified atom stereocenters. The standard InChI is InChI=1S/C42H46N4O4/c1-30-39(28-46(2)25-23-37-13-8-9-24-43-37)49-41(50-40(30)34-17-15-32(29-47)16-18-34)35-21-19-33(20-22-35)38-14-7-6-12-36(38)27-45-42(48)44-26-31-10-4-3-5-11-31/h3-22,24,30,39-41,47H,23,25-29H2,1-2H3,(H2,44,45,48)/t30-,39+,40+,41+/m0/s1. The summed E-state index contributed by atoms with van der Waals surface area (Å²) in [7, 11) is 2.13. The molecule has 0 saturated carbocycles. The van der Waals surface area contributed by atoms with Gasteiger partial charge in [-0.3, -0.25) is 4.98 Å². The van der Waals surface area contributed by atoms with Crippen molar-refractivity contribution in [1.82, 2.24) is 20.5 Å². The number of aliphatic hydroxyl groups excluding tert-OH is 1. The van der Waals surface area contributed by atoms with E-state index in [1.165, 1.54) is 0 Å². The lowest BCUT2D eigenvalue weighted by Crippen LogP contribution is -2.43. The zero-order valence-electron chi connectivity index (χ0n) is 28.7. The van der Waals surface area contributed by atoms with Crippen LogP contribution in [0.5, 0.6) is 0 Å². The maximum Gasteiger partial charge on any atom is 0.315 e. The molecule has 50 heavy (non-hydrogen) atoms. The fourth-order valence-electron chi connectivity index (χ4n) is 6.37. The molecule has 6 rings (SSSR count). The topological polar surface area (TPSA) is 96.0 Å². The number of nitrogens with one attached hydrogen (secondary N) is 2. The summed E-state index contributed by atoms with van der Waals surface area (Å²) in [6.07, 6.45) is 1.88. The van der Waals surface area contributed by atoms with Gasteiger partial charge in [0.15, 0.2) is 6.29 Å². The van der Waals surface area contributed by atoms with Gasteiger partial charge in [-0.1, -0.05) is 116 Å². The second kappa shape index (κ2) is 17.2. The highest BCUT2D eigenvalue weighted by molar-refractivity contribution is 5.75. The highest BCUT2D eigenvalue weighted by Gasteiger charge is 2.38. The molecule has 5 aromatic rings. The lowest BCUT2D eigenvalue weighted by Gasteiger charge is -2.42. The molecule has 8 nitrogen and oxygen atoms in total. The third-order valence-electron chi connectivity index (χ3n) is 9.34. The van der Waals surface area contributed by atoms with Crippen molar-refractivity contribution in [3.05, 3.63) is 161 Å². The molecule has 1 aliphatic rings. The van der Waals surface area contributed by atoms with Crippen molar-refractivity contribution < 1.29 is 19.4 Å². The van der Waals surface area contributed by atoms with E-state index in [-0.39, 0.29) is 30.8 Å². The van der Waals surface area contributed by atoms with Crippen molar-refractivity contribution >= 4 is 6.03 Å². The molecule has 0 radical (unpaired) electrons. The molecule has 8 heteroatoms. The number of carbonyl (C=O) groups excluding carboxylic acids is 1. The molecule has 4 atom stereocenters. The van der Waals surface area contributed by atoms with E-state index in [0.29, 0.717) is 13.1 Å². The van der Waals surface area contributed by atoms with Crippen molar-refractivity contribution in [1.29, 1.82) is 0 Å². The van der Waals surface area contributed by atoms with Crippen LogP contribution in [0, 0.1) is 5.92 Å². The summed E-state index contributed by atoms with van der Waals surface area (Å²) in [6, 6.07) is 40.1. The molecule has 4 aromatic carbocycles. The first-order chi connectivity index (χ1) is 24.5. The van der Waals surface area contributed by atoms with E-state index in [4.69, 9.17) is 9.47 Å². The number of aliphatic hydroxyl groups is 1. The number of pyridine rings is 1. The van der Waals surface area contributed by atoms with Gasteiger partial charge in [0.2, 0.25) is 0 Å². The van der Waals surface area contributed by atoms with Crippen LogP contribution in [0.25, 0.3) is 11.1 Å². The number of benzene rings is 4. The average molecular weight is 671 g/mol. The third kappa shape index (κ3) is 9.22. The Kier molecular flexibility index (Phi) is 12.0. The number of hydrogen-bond acceptors (Lipinski definition) is 6. The summed E-state index contributed by atoms with van der Waals surface area (Å²) in [5.41, 5.74) is 8.11. The fourth-order valence-corrected chi connectivity index (χ4v) is 6.37. The van der Waals surface area contributed by atoms with Crippen LogP contribution in [-0.4, -0.2) is 47.3 Å². The summed E-state index contributed by atoms with van der Waals surface area (Å²) < 4.78 is 13.4. The van der Waals surface area contributed by atoms with Gasteiger partial charge in [0.1, 0.15) is 0 Å². The minimum Gasteiger partial charge on any atom is -0.392 e. The molecule has 1 aromatic heterocycles. The van der Waals surface area contributed by atoms with Crippen LogP contribution in [0.1, 0.15) is 52.8 Å². The molecule has 2 amide bonds. The molecule has 0 aliphatic carbocycles.